The first-order valence-electron chi connectivity index (χ1n) is 6.64. The lowest BCUT2D eigenvalue weighted by molar-refractivity contribution is 0.590. The summed E-state index contributed by atoms with van der Waals surface area (Å²) in [5, 5.41) is 0. The third-order valence-corrected chi connectivity index (χ3v) is 4.20. The fourth-order valence-electron chi connectivity index (χ4n) is 1.90. The van der Waals surface area contributed by atoms with E-state index in [1.165, 1.54) is 10.5 Å². The van der Waals surface area contributed by atoms with Crippen LogP contribution in [0.15, 0.2) is 47.5 Å². The predicted molar refractivity (Wildman–Crippen MR) is 86.8 cm³/mol. The maximum absolute atomic E-state index is 5.47. The molecule has 3 nitrogen and oxygen atoms in total. The Bertz CT molecular complexity index is 559. The summed E-state index contributed by atoms with van der Waals surface area (Å²) >= 11 is 1.79. The molecule has 0 atom stereocenters. The maximum Gasteiger partial charge on any atom is 0.143 e. The van der Waals surface area contributed by atoms with Crippen LogP contribution in [-0.2, 0) is 11.2 Å². The molecular weight excluding hydrogens is 266 g/mol. The molecule has 20 heavy (non-hydrogen) atoms. The molecule has 0 radical (unpaired) electrons. The lowest BCUT2D eigenvalue weighted by Gasteiger charge is -2.19. The molecule has 1 aromatic carbocycles. The molecule has 2 aromatic rings. The van der Waals surface area contributed by atoms with Crippen molar-refractivity contribution in [2.75, 3.05) is 5.43 Å². The Morgan fingerprint density at radius 2 is 1.85 bits per heavy atom. The fraction of sp³-hybridized carbons (Fsp3) is 0.312. The van der Waals surface area contributed by atoms with E-state index in [1.54, 1.807) is 18.0 Å². The van der Waals surface area contributed by atoms with Crippen LogP contribution in [0.5, 0.6) is 0 Å². The van der Waals surface area contributed by atoms with Gasteiger partial charge in [0.15, 0.2) is 0 Å². The van der Waals surface area contributed by atoms with Gasteiger partial charge >= 0.3 is 0 Å². The van der Waals surface area contributed by atoms with E-state index < -0.39 is 0 Å². The number of nitrogen functional groups attached to an aromatic ring is 1. The number of pyridine rings is 1. The number of anilines is 1. The van der Waals surface area contributed by atoms with Crippen LogP contribution in [0, 0.1) is 0 Å². The number of thioether (sulfide) groups is 1. The van der Waals surface area contributed by atoms with Gasteiger partial charge in [-0.1, -0.05) is 39.0 Å². The topological polar surface area (TPSA) is 50.9 Å². The van der Waals surface area contributed by atoms with Crippen LogP contribution >= 0.6 is 11.8 Å². The van der Waals surface area contributed by atoms with Crippen molar-refractivity contribution < 1.29 is 0 Å². The minimum absolute atomic E-state index is 0.198. The summed E-state index contributed by atoms with van der Waals surface area (Å²) in [6, 6.07) is 12.7. The van der Waals surface area contributed by atoms with Crippen molar-refractivity contribution in [3.63, 3.8) is 0 Å². The summed E-state index contributed by atoms with van der Waals surface area (Å²) < 4.78 is 0. The highest BCUT2D eigenvalue weighted by Gasteiger charge is 2.12. The molecule has 4 heteroatoms. The highest BCUT2D eigenvalue weighted by Crippen LogP contribution is 2.28. The zero-order valence-corrected chi connectivity index (χ0v) is 13.0. The number of nitrogens with zero attached hydrogens (tertiary/aromatic N) is 1. The van der Waals surface area contributed by atoms with Gasteiger partial charge in [0.05, 0.1) is 0 Å². The van der Waals surface area contributed by atoms with Crippen LogP contribution in [-0.4, -0.2) is 4.98 Å². The van der Waals surface area contributed by atoms with E-state index in [9.17, 15) is 0 Å². The third-order valence-electron chi connectivity index (χ3n) is 3.14. The van der Waals surface area contributed by atoms with Crippen molar-refractivity contribution in [3.8, 4) is 0 Å². The Morgan fingerprint density at radius 3 is 2.45 bits per heavy atom. The predicted octanol–water partition coefficient (Wildman–Crippen LogP) is 3.96. The molecule has 0 bridgehead atoms. The quantitative estimate of drug-likeness (QED) is 0.508. The first kappa shape index (κ1) is 14.9. The number of benzene rings is 1. The minimum atomic E-state index is 0.198. The SMILES string of the molecule is CC(C)(C)c1ccc(SCc2cccnc2NN)cc1. The number of nitrogens with two attached hydrogens (primary N) is 1. The second-order valence-electron chi connectivity index (χ2n) is 5.72. The van der Waals surface area contributed by atoms with Crippen LogP contribution in [0.2, 0.25) is 0 Å². The van der Waals surface area contributed by atoms with Crippen LogP contribution in [0.25, 0.3) is 0 Å². The average molecular weight is 287 g/mol. The molecule has 0 saturated heterocycles. The Labute approximate surface area is 125 Å². The smallest absolute Gasteiger partial charge is 0.143 e. The summed E-state index contributed by atoms with van der Waals surface area (Å²) in [4.78, 5) is 5.46. The third kappa shape index (κ3) is 3.74. The number of nitrogens with one attached hydrogen (secondary N) is 1. The van der Waals surface area contributed by atoms with Gasteiger partial charge < -0.3 is 5.43 Å². The zero-order chi connectivity index (χ0) is 14.6. The van der Waals surface area contributed by atoms with Gasteiger partial charge in [0.25, 0.3) is 0 Å². The van der Waals surface area contributed by atoms with E-state index in [2.05, 4.69) is 55.4 Å². The second-order valence-corrected chi connectivity index (χ2v) is 6.77. The van der Waals surface area contributed by atoms with Gasteiger partial charge in [-0.3, -0.25) is 0 Å². The van der Waals surface area contributed by atoms with Crippen molar-refractivity contribution in [1.29, 1.82) is 0 Å². The summed E-state index contributed by atoms with van der Waals surface area (Å²) in [7, 11) is 0. The second kappa shape index (κ2) is 6.29. The van der Waals surface area contributed by atoms with Crippen LogP contribution in [0.4, 0.5) is 5.82 Å². The lowest BCUT2D eigenvalue weighted by Crippen LogP contribution is -2.10. The first-order chi connectivity index (χ1) is 9.50. The van der Waals surface area contributed by atoms with E-state index in [0.29, 0.717) is 0 Å². The molecule has 1 heterocycles. The Hall–Kier alpha value is -1.52. The van der Waals surface area contributed by atoms with Gasteiger partial charge in [0.2, 0.25) is 0 Å². The summed E-state index contributed by atoms with van der Waals surface area (Å²) in [6.45, 7) is 6.68. The molecule has 2 rings (SSSR count). The molecule has 0 fully saturated rings. The van der Waals surface area contributed by atoms with E-state index in [-0.39, 0.29) is 5.41 Å². The Kier molecular flexibility index (Phi) is 4.68. The number of rotatable bonds is 4. The van der Waals surface area contributed by atoms with Crippen molar-refractivity contribution in [3.05, 3.63) is 53.7 Å². The molecule has 0 saturated carbocycles. The Morgan fingerprint density at radius 1 is 1.15 bits per heavy atom. The van der Waals surface area contributed by atoms with E-state index in [0.717, 1.165) is 17.1 Å². The van der Waals surface area contributed by atoms with Gasteiger partial charge in [-0.15, -0.1) is 11.8 Å². The number of hydrogen-bond acceptors (Lipinski definition) is 4. The average Bonchev–Trinajstić information content (AvgIpc) is 2.45. The first-order valence-corrected chi connectivity index (χ1v) is 7.63. The highest BCUT2D eigenvalue weighted by atomic mass is 32.2. The fourth-order valence-corrected chi connectivity index (χ4v) is 2.78. The van der Waals surface area contributed by atoms with Gasteiger partial charge in [-0.05, 0) is 29.2 Å². The largest absolute Gasteiger partial charge is 0.308 e. The lowest BCUT2D eigenvalue weighted by atomic mass is 9.87. The Balaban J connectivity index is 2.04. The van der Waals surface area contributed by atoms with Gasteiger partial charge in [0.1, 0.15) is 5.82 Å². The molecule has 0 aliphatic rings. The molecular formula is C16H21N3S. The highest BCUT2D eigenvalue weighted by molar-refractivity contribution is 7.98. The van der Waals surface area contributed by atoms with Crippen LogP contribution < -0.4 is 11.3 Å². The summed E-state index contributed by atoms with van der Waals surface area (Å²) in [5.74, 6) is 7.06. The van der Waals surface area contributed by atoms with E-state index in [4.69, 9.17) is 5.84 Å². The van der Waals surface area contributed by atoms with Gasteiger partial charge in [0, 0.05) is 22.4 Å². The molecule has 0 aliphatic heterocycles. The van der Waals surface area contributed by atoms with Crippen molar-refractivity contribution in [1.82, 2.24) is 4.98 Å². The summed E-state index contributed by atoms with van der Waals surface area (Å²) in [5.41, 5.74) is 5.30. The van der Waals surface area contributed by atoms with Crippen molar-refractivity contribution in [2.24, 2.45) is 5.84 Å². The van der Waals surface area contributed by atoms with Crippen LogP contribution in [0.3, 0.4) is 0 Å². The molecule has 0 amide bonds. The molecule has 0 aliphatic carbocycles. The standard InChI is InChI=1S/C16H21N3S/c1-16(2,3)13-6-8-14(9-7-13)20-11-12-5-4-10-18-15(12)19-17/h4-10H,11,17H2,1-3H3,(H,18,19). The summed E-state index contributed by atoms with van der Waals surface area (Å²) in [6.07, 6.45) is 1.74. The van der Waals surface area contributed by atoms with Gasteiger partial charge in [-0.25, -0.2) is 10.8 Å². The van der Waals surface area contributed by atoms with Crippen molar-refractivity contribution >= 4 is 17.6 Å². The zero-order valence-electron chi connectivity index (χ0n) is 12.2. The number of aromatic nitrogens is 1. The van der Waals surface area contributed by atoms with E-state index in [1.807, 2.05) is 12.1 Å². The monoisotopic (exact) mass is 287 g/mol. The maximum atomic E-state index is 5.47. The number of hydrogen-bond donors (Lipinski definition) is 2. The normalized spacial score (nSPS) is 11.4. The molecule has 106 valence electrons. The minimum Gasteiger partial charge on any atom is -0.308 e. The molecule has 0 unspecified atom stereocenters. The molecule has 1 aromatic heterocycles. The number of hydrazine groups is 1. The van der Waals surface area contributed by atoms with Gasteiger partial charge in [-0.2, -0.15) is 0 Å². The van der Waals surface area contributed by atoms with Crippen LogP contribution in [0.1, 0.15) is 31.9 Å². The van der Waals surface area contributed by atoms with E-state index >= 15 is 0 Å². The molecule has 0 spiro atoms. The van der Waals surface area contributed by atoms with Crippen molar-refractivity contribution in [2.45, 2.75) is 36.8 Å². The molecule has 3 N–H and O–H groups in total.